The van der Waals surface area contributed by atoms with Gasteiger partial charge in [-0.2, -0.15) is 0 Å². The monoisotopic (exact) mass is 1100 g/mol. The Balaban J connectivity index is 1.24. The maximum atomic E-state index is 14.4. The number of ether oxygens (including phenoxy) is 3. The van der Waals surface area contributed by atoms with Crippen molar-refractivity contribution in [3.8, 4) is 0 Å². The van der Waals surface area contributed by atoms with E-state index in [0.29, 0.717) is 12.8 Å². The number of cyclic esters (lactones) is 1. The minimum atomic E-state index is -3.38. The average molecular weight is 1100 g/mol. The van der Waals surface area contributed by atoms with Crippen LogP contribution in [0, 0.1) is 38.5 Å². The Hall–Kier alpha value is -3.00. The molecule has 2 aliphatic rings. The number of carbonyl (C=O) groups excluding carboxylic acids is 2. The van der Waals surface area contributed by atoms with Gasteiger partial charge < -0.3 is 49.5 Å². The maximum absolute atomic E-state index is 14.4. The van der Waals surface area contributed by atoms with Crippen LogP contribution < -0.4 is 15.9 Å². The zero-order valence-corrected chi connectivity index (χ0v) is 50.1. The smallest absolute Gasteiger partial charge is 0.126 e. The van der Waals surface area contributed by atoms with Crippen LogP contribution in [0.5, 0.6) is 0 Å². The number of rotatable bonds is 19. The minimum Gasteiger partial charge on any atom is -0.388 e. The van der Waals surface area contributed by atoms with Gasteiger partial charge in [-0.1, -0.05) is 20.8 Å². The van der Waals surface area contributed by atoms with Crippen molar-refractivity contribution in [2.24, 2.45) is 17.8 Å². The summed E-state index contributed by atoms with van der Waals surface area (Å²) in [6.07, 6.45) is 3.13. The van der Waals surface area contributed by atoms with Crippen molar-refractivity contribution in [2.45, 2.75) is 226 Å². The summed E-state index contributed by atoms with van der Waals surface area (Å²) in [5.74, 6) is -6.74. The number of carbonyl (C=O) groups is 2. The number of hydrogen-bond donors (Lipinski definition) is 5. The number of unbranched alkanes of at least 4 members (excludes halogenated alkanes) is 8. The third-order valence-corrected chi connectivity index (χ3v) is 24.6. The van der Waals surface area contributed by atoms with Gasteiger partial charge in [0.2, 0.25) is 0 Å². The molecular weight excluding hydrogens is 999 g/mol. The van der Waals surface area contributed by atoms with Gasteiger partial charge in [0.25, 0.3) is 0 Å². The summed E-state index contributed by atoms with van der Waals surface area (Å²) in [4.78, 5) is 31.7. The fourth-order valence-corrected chi connectivity index (χ4v) is 18.9. The standard InChI is InChI=1S/C62H98ClN2O10P/c1-14-53-62(11,72)57(69)48(9)65(40-44(5)39-61(10,71)58(46(7)55(67)47(8)59(70)74-53)75-60-56(68)52(64(12)13)38-45(6)73-60)54(66)33-22-20-18-16-15-17-19-21-23-34-76(63,49-30-24-27-41(2)35-49,50-31-25-28-42(3)36-50)51-32-26-29-43(4)37-51/h24-32,35-37,44-48,52-53,55-58,60,67-69,71-72H,14-23,33-34,38-40H2,1-13H3/t44-,45-,46+,47-,48-,52+,53-,55+,56-,57-,58-,60+,61-,62-/m1/s1. The number of nitrogens with zero attached hydrogens (tertiary/aromatic N) is 2. The van der Waals surface area contributed by atoms with Crippen LogP contribution in [0.2, 0.25) is 0 Å². The summed E-state index contributed by atoms with van der Waals surface area (Å²) in [5.41, 5.74) is -0.0270. The van der Waals surface area contributed by atoms with E-state index in [1.54, 1.807) is 32.6 Å². The van der Waals surface area contributed by atoms with Gasteiger partial charge in [0, 0.05) is 18.5 Å². The van der Waals surface area contributed by atoms with Crippen molar-refractivity contribution < 1.29 is 49.3 Å². The summed E-state index contributed by atoms with van der Waals surface area (Å²) < 4.78 is 18.6. The molecule has 5 rings (SSSR count). The molecule has 0 bridgehead atoms. The number of esters is 1. The van der Waals surface area contributed by atoms with E-state index in [2.05, 4.69) is 93.6 Å². The molecule has 0 saturated carbocycles. The average Bonchev–Trinajstić information content (AvgIpc) is 3.38. The fourth-order valence-electron chi connectivity index (χ4n) is 12.5. The van der Waals surface area contributed by atoms with Crippen molar-refractivity contribution in [3.05, 3.63) is 89.5 Å². The van der Waals surface area contributed by atoms with Crippen molar-refractivity contribution in [3.63, 3.8) is 0 Å². The molecular formula is C62H98ClN2O10P. The molecule has 14 heteroatoms. The molecule has 1 amide bonds. The molecule has 5 N–H and O–H groups in total. The topological polar surface area (TPSA) is 169 Å². The third kappa shape index (κ3) is 15.1. The van der Waals surface area contributed by atoms with Gasteiger partial charge in [-0.15, -0.1) is 0 Å². The predicted molar refractivity (Wildman–Crippen MR) is 310 cm³/mol. The molecule has 76 heavy (non-hydrogen) atoms. The predicted octanol–water partition coefficient (Wildman–Crippen LogP) is 9.38. The molecule has 2 fully saturated rings. The normalized spacial score (nSPS) is 32.0. The van der Waals surface area contributed by atoms with Gasteiger partial charge in [-0.05, 0) is 73.9 Å². The molecule has 12 nitrogen and oxygen atoms in total. The van der Waals surface area contributed by atoms with Crippen LogP contribution >= 0.6 is 17.2 Å². The zero-order valence-electron chi connectivity index (χ0n) is 48.5. The van der Waals surface area contributed by atoms with E-state index < -0.39 is 77.8 Å². The van der Waals surface area contributed by atoms with Gasteiger partial charge in [0.1, 0.15) is 23.9 Å². The first kappa shape index (κ1) is 63.8. The minimum absolute atomic E-state index is 0.0879. The zero-order chi connectivity index (χ0) is 56.4. The van der Waals surface area contributed by atoms with Crippen LogP contribution in [0.4, 0.5) is 0 Å². The van der Waals surface area contributed by atoms with E-state index in [-0.39, 0.29) is 49.8 Å². The van der Waals surface area contributed by atoms with Gasteiger partial charge in [-0.25, -0.2) is 0 Å². The molecule has 0 spiro atoms. The molecule has 0 aliphatic carbocycles. The number of likely N-dealkylation sites (N-methyl/N-ethyl adjacent to an activating group) is 1. The van der Waals surface area contributed by atoms with Gasteiger partial charge >= 0.3 is 226 Å². The Morgan fingerprint density at radius 2 is 1.26 bits per heavy atom. The summed E-state index contributed by atoms with van der Waals surface area (Å²) in [5, 5.41) is 63.4. The van der Waals surface area contributed by atoms with Gasteiger partial charge in [0.05, 0.1) is 35.9 Å². The number of amides is 1. The van der Waals surface area contributed by atoms with Crippen molar-refractivity contribution >= 4 is 45.0 Å². The third-order valence-electron chi connectivity index (χ3n) is 17.1. The van der Waals surface area contributed by atoms with Crippen LogP contribution in [0.3, 0.4) is 0 Å². The van der Waals surface area contributed by atoms with Crippen molar-refractivity contribution in [1.29, 1.82) is 0 Å². The van der Waals surface area contributed by atoms with Gasteiger partial charge in [0.15, 0.2) is 6.29 Å². The molecule has 2 heterocycles. The summed E-state index contributed by atoms with van der Waals surface area (Å²) in [6, 6.07) is 25.3. The Labute approximate surface area is 462 Å². The number of aliphatic hydroxyl groups is 5. The number of hydrogen-bond acceptors (Lipinski definition) is 11. The van der Waals surface area contributed by atoms with E-state index in [0.717, 1.165) is 57.5 Å². The van der Waals surface area contributed by atoms with Crippen LogP contribution in [-0.2, 0) is 23.8 Å². The van der Waals surface area contributed by atoms with Crippen LogP contribution in [0.15, 0.2) is 72.8 Å². The molecule has 2 saturated heterocycles. The molecule has 3 aromatic carbocycles. The largest absolute Gasteiger partial charge is 0.388 e. The van der Waals surface area contributed by atoms with E-state index >= 15 is 0 Å². The quantitative estimate of drug-likeness (QED) is 0.0441. The molecule has 428 valence electrons. The summed E-state index contributed by atoms with van der Waals surface area (Å²) >= 11 is 8.49. The van der Waals surface area contributed by atoms with Crippen LogP contribution in [0.1, 0.15) is 156 Å². The second kappa shape index (κ2) is 27.4. The van der Waals surface area contributed by atoms with E-state index in [1.807, 2.05) is 32.8 Å². The molecule has 0 unspecified atom stereocenters. The first-order valence-electron chi connectivity index (χ1n) is 28.6. The number of halogens is 1. The molecule has 14 atom stereocenters. The first-order valence-corrected chi connectivity index (χ1v) is 31.9. The molecule has 0 aromatic heterocycles. The second-order valence-corrected chi connectivity index (χ2v) is 30.7. The first-order chi connectivity index (χ1) is 35.7. The Bertz CT molecular complexity index is 2220. The van der Waals surface area contributed by atoms with Crippen LogP contribution in [0.25, 0.3) is 0 Å². The number of aryl methyl sites for hydroxylation is 3. The van der Waals surface area contributed by atoms with Crippen LogP contribution in [-0.4, -0.2) is 140 Å². The summed E-state index contributed by atoms with van der Waals surface area (Å²) in [7, 11) is 3.74. The number of aliphatic hydroxyl groups excluding tert-OH is 3. The van der Waals surface area contributed by atoms with E-state index in [9.17, 15) is 35.1 Å². The van der Waals surface area contributed by atoms with Gasteiger partial charge in [-0.3, -0.25) is 9.59 Å². The fraction of sp³-hybridized carbons (Fsp3) is 0.677. The molecule has 3 aromatic rings. The Kier molecular flexibility index (Phi) is 23.0. The SMILES string of the molecule is CC[C@H]1OC(=O)[C@H](C)[C@@H](O)[C@H](C)[C@@H](O[C@@H]2O[C@H](C)C[C@H](N(C)C)[C@H]2O)[C@](C)(O)C[C@@H](C)CN(C(=O)CCCCCCCCCCCP(Cl)(c2cccc(C)c2)(c2cccc(C)c2)c2cccc(C)c2)[C@H](C)[C@@H](O)[C@]1(C)O. The van der Waals surface area contributed by atoms with E-state index in [4.69, 9.17) is 25.5 Å². The van der Waals surface area contributed by atoms with Crippen molar-refractivity contribution in [1.82, 2.24) is 9.80 Å². The Morgan fingerprint density at radius 3 is 1.74 bits per heavy atom. The maximum Gasteiger partial charge on any atom is 0.126 e. The number of benzene rings is 3. The molecule has 0 radical (unpaired) electrons. The second-order valence-electron chi connectivity index (χ2n) is 24.1. The van der Waals surface area contributed by atoms with E-state index in [1.165, 1.54) is 46.5 Å². The molecule has 2 aliphatic heterocycles. The summed E-state index contributed by atoms with van der Waals surface area (Å²) in [6.45, 7) is 20.0. The Morgan fingerprint density at radius 1 is 0.776 bits per heavy atom. The van der Waals surface area contributed by atoms with Crippen molar-refractivity contribution in [2.75, 3.05) is 26.8 Å².